The lowest BCUT2D eigenvalue weighted by Crippen LogP contribution is -2.38. The van der Waals surface area contributed by atoms with Crippen molar-refractivity contribution in [3.63, 3.8) is 0 Å². The van der Waals surface area contributed by atoms with Gasteiger partial charge in [-0.3, -0.25) is 4.79 Å². The van der Waals surface area contributed by atoms with E-state index in [1.54, 1.807) is 33.3 Å². The molecule has 3 aliphatic rings. The summed E-state index contributed by atoms with van der Waals surface area (Å²) in [4.78, 5) is 32.1. The molecule has 1 amide bonds. The Kier molecular flexibility index (Phi) is 6.45. The van der Waals surface area contributed by atoms with E-state index in [0.717, 1.165) is 11.3 Å². The number of carbonyl (C=O) groups is 2. The zero-order chi connectivity index (χ0) is 22.8. The minimum Gasteiger partial charge on any atom is -0.497 e. The van der Waals surface area contributed by atoms with Crippen molar-refractivity contribution in [2.45, 2.75) is 32.2 Å². The number of allylic oxidation sites excluding steroid dienone is 1. The highest BCUT2D eigenvalue weighted by molar-refractivity contribution is 8.16. The third-order valence-corrected chi connectivity index (χ3v) is 6.65. The molecule has 0 bridgehead atoms. The Morgan fingerprint density at radius 2 is 2.00 bits per heavy atom. The summed E-state index contributed by atoms with van der Waals surface area (Å²) in [7, 11) is 4.52. The van der Waals surface area contributed by atoms with Gasteiger partial charge in [-0.1, -0.05) is 11.8 Å². The van der Waals surface area contributed by atoms with Crippen molar-refractivity contribution in [3.8, 4) is 11.5 Å². The van der Waals surface area contributed by atoms with Crippen molar-refractivity contribution in [2.24, 2.45) is 10.9 Å². The van der Waals surface area contributed by atoms with Crippen LogP contribution >= 0.6 is 11.8 Å². The first-order valence-corrected chi connectivity index (χ1v) is 11.4. The summed E-state index contributed by atoms with van der Waals surface area (Å²) in [6.45, 7) is 2.50. The molecule has 0 aromatic heterocycles. The fourth-order valence-corrected chi connectivity index (χ4v) is 4.86. The Balaban J connectivity index is 1.74. The number of benzene rings is 1. The van der Waals surface area contributed by atoms with Crippen LogP contribution in [0, 0.1) is 5.92 Å². The van der Waals surface area contributed by atoms with Crippen molar-refractivity contribution >= 4 is 28.8 Å². The largest absolute Gasteiger partial charge is 0.497 e. The molecule has 1 aromatic carbocycles. The molecular formula is C23H27N3O5S. The van der Waals surface area contributed by atoms with Gasteiger partial charge < -0.3 is 24.4 Å². The number of nitrogens with one attached hydrogen (secondary N) is 1. The highest BCUT2D eigenvalue weighted by Gasteiger charge is 2.42. The zero-order valence-corrected chi connectivity index (χ0v) is 19.5. The Bertz CT molecular complexity index is 1030. The van der Waals surface area contributed by atoms with Crippen LogP contribution in [0.25, 0.3) is 0 Å². The number of amides is 1. The average Bonchev–Trinajstić information content (AvgIpc) is 3.56. The molecule has 2 heterocycles. The van der Waals surface area contributed by atoms with Crippen LogP contribution in [0.5, 0.6) is 11.5 Å². The molecule has 170 valence electrons. The molecule has 1 N–H and O–H groups in total. The van der Waals surface area contributed by atoms with Gasteiger partial charge in [0.1, 0.15) is 11.5 Å². The van der Waals surface area contributed by atoms with Gasteiger partial charge in [0.05, 0.1) is 45.1 Å². The Labute approximate surface area is 191 Å². The second-order valence-corrected chi connectivity index (χ2v) is 8.75. The van der Waals surface area contributed by atoms with E-state index in [4.69, 9.17) is 14.2 Å². The summed E-state index contributed by atoms with van der Waals surface area (Å²) < 4.78 is 16.2. The van der Waals surface area contributed by atoms with Gasteiger partial charge >= 0.3 is 5.97 Å². The summed E-state index contributed by atoms with van der Waals surface area (Å²) in [5.74, 6) is 1.30. The van der Waals surface area contributed by atoms with Crippen LogP contribution in [-0.4, -0.2) is 49.8 Å². The van der Waals surface area contributed by atoms with Gasteiger partial charge in [-0.2, -0.15) is 0 Å². The second kappa shape index (κ2) is 9.28. The van der Waals surface area contributed by atoms with Gasteiger partial charge in [0.15, 0.2) is 5.17 Å². The molecule has 2 aliphatic heterocycles. The van der Waals surface area contributed by atoms with Gasteiger partial charge in [0, 0.05) is 17.8 Å². The number of hydrogen-bond donors (Lipinski definition) is 1. The third-order valence-electron chi connectivity index (χ3n) is 5.76. The number of fused-ring (bicyclic) bond motifs is 1. The summed E-state index contributed by atoms with van der Waals surface area (Å²) in [5.41, 5.74) is 2.46. The van der Waals surface area contributed by atoms with Crippen LogP contribution in [0.1, 0.15) is 37.8 Å². The van der Waals surface area contributed by atoms with E-state index in [2.05, 4.69) is 10.3 Å². The SMILES string of the molecule is COC(=O)C1=C(C)N=C2SC=C(CC(=O)NCC3CC3)N2[C@@H]1c1cc(OC)ccc1OC. The minimum absolute atomic E-state index is 0.0488. The molecule has 1 aromatic rings. The van der Waals surface area contributed by atoms with Crippen LogP contribution in [0.4, 0.5) is 0 Å². The average molecular weight is 458 g/mol. The normalized spacial score (nSPS) is 19.8. The molecule has 1 fully saturated rings. The van der Waals surface area contributed by atoms with Crippen molar-refractivity contribution < 1.29 is 23.8 Å². The molecule has 32 heavy (non-hydrogen) atoms. The summed E-state index contributed by atoms with van der Waals surface area (Å²) in [6, 6.07) is 4.88. The predicted molar refractivity (Wildman–Crippen MR) is 122 cm³/mol. The lowest BCUT2D eigenvalue weighted by atomic mass is 9.93. The number of esters is 1. The number of rotatable bonds is 8. The molecular weight excluding hydrogens is 430 g/mol. The summed E-state index contributed by atoms with van der Waals surface area (Å²) >= 11 is 1.44. The second-order valence-electron chi connectivity index (χ2n) is 7.92. The van der Waals surface area contributed by atoms with Crippen LogP contribution < -0.4 is 14.8 Å². The maximum atomic E-state index is 12.9. The molecule has 1 aliphatic carbocycles. The summed E-state index contributed by atoms with van der Waals surface area (Å²) in [6.07, 6.45) is 2.53. The fourth-order valence-electron chi connectivity index (χ4n) is 3.90. The van der Waals surface area contributed by atoms with E-state index >= 15 is 0 Å². The van der Waals surface area contributed by atoms with Gasteiger partial charge in [-0.05, 0) is 49.3 Å². The van der Waals surface area contributed by atoms with E-state index < -0.39 is 12.0 Å². The lowest BCUT2D eigenvalue weighted by molar-refractivity contribution is -0.136. The zero-order valence-electron chi connectivity index (χ0n) is 18.6. The van der Waals surface area contributed by atoms with Crippen molar-refractivity contribution in [2.75, 3.05) is 27.9 Å². The number of hydrogen-bond acceptors (Lipinski definition) is 8. The van der Waals surface area contributed by atoms with Gasteiger partial charge in [-0.25, -0.2) is 9.79 Å². The standard InChI is InChI=1S/C23H27N3O5S/c1-13-20(22(28)31-4)21(17-10-16(29-2)7-8-18(17)30-3)26-15(12-32-23(26)25-13)9-19(27)24-11-14-5-6-14/h7-8,10,12,14,21H,5-6,9,11H2,1-4H3,(H,24,27)/t21-/m1/s1. The number of nitrogens with zero attached hydrogens (tertiary/aromatic N) is 2. The third kappa shape index (κ3) is 4.34. The highest BCUT2D eigenvalue weighted by Crippen LogP contribution is 2.47. The first-order valence-electron chi connectivity index (χ1n) is 10.5. The number of thioether (sulfide) groups is 1. The van der Waals surface area contributed by atoms with Gasteiger partial charge in [-0.15, -0.1) is 0 Å². The minimum atomic E-state index is -0.572. The first kappa shape index (κ1) is 22.3. The molecule has 1 atom stereocenters. The van der Waals surface area contributed by atoms with E-state index in [9.17, 15) is 9.59 Å². The Morgan fingerprint density at radius 3 is 2.66 bits per heavy atom. The van der Waals surface area contributed by atoms with Crippen LogP contribution in [-0.2, 0) is 14.3 Å². The molecule has 9 heteroatoms. The van der Waals surface area contributed by atoms with E-state index in [1.165, 1.54) is 31.7 Å². The molecule has 0 unspecified atom stereocenters. The number of methoxy groups -OCH3 is 3. The molecule has 0 spiro atoms. The van der Waals surface area contributed by atoms with Crippen LogP contribution in [0.2, 0.25) is 0 Å². The number of carbonyl (C=O) groups excluding carboxylic acids is 2. The van der Waals surface area contributed by atoms with Crippen molar-refractivity contribution in [3.05, 3.63) is 46.1 Å². The smallest absolute Gasteiger partial charge is 0.338 e. The van der Waals surface area contributed by atoms with Crippen LogP contribution in [0.3, 0.4) is 0 Å². The van der Waals surface area contributed by atoms with Crippen molar-refractivity contribution in [1.82, 2.24) is 10.2 Å². The lowest BCUT2D eigenvalue weighted by Gasteiger charge is -2.36. The van der Waals surface area contributed by atoms with Gasteiger partial charge in [0.2, 0.25) is 5.91 Å². The number of ether oxygens (including phenoxy) is 3. The summed E-state index contributed by atoms with van der Waals surface area (Å²) in [5, 5.41) is 5.64. The number of aliphatic imine (C=N–C) groups is 1. The predicted octanol–water partition coefficient (Wildman–Crippen LogP) is 3.37. The molecule has 8 nitrogen and oxygen atoms in total. The topological polar surface area (TPSA) is 89.5 Å². The number of amidine groups is 1. The Hall–Kier alpha value is -2.94. The highest BCUT2D eigenvalue weighted by atomic mass is 32.2. The van der Waals surface area contributed by atoms with Crippen molar-refractivity contribution in [1.29, 1.82) is 0 Å². The molecule has 0 saturated heterocycles. The quantitative estimate of drug-likeness (QED) is 0.599. The molecule has 0 radical (unpaired) electrons. The molecule has 1 saturated carbocycles. The van der Waals surface area contributed by atoms with Gasteiger partial charge in [0.25, 0.3) is 0 Å². The van der Waals surface area contributed by atoms with Crippen LogP contribution in [0.15, 0.2) is 45.6 Å². The van der Waals surface area contributed by atoms with E-state index in [0.29, 0.717) is 40.4 Å². The fraction of sp³-hybridized carbons (Fsp3) is 0.435. The monoisotopic (exact) mass is 457 g/mol. The molecule has 4 rings (SSSR count). The van der Waals surface area contributed by atoms with E-state index in [1.807, 2.05) is 16.4 Å². The van der Waals surface area contributed by atoms with E-state index in [-0.39, 0.29) is 12.3 Å². The maximum Gasteiger partial charge on any atom is 0.338 e. The first-order chi connectivity index (χ1) is 15.5. The maximum absolute atomic E-state index is 12.9. The Morgan fingerprint density at radius 1 is 1.22 bits per heavy atom.